The van der Waals surface area contributed by atoms with E-state index < -0.39 is 5.24 Å². The number of anilines is 1. The first-order chi connectivity index (χ1) is 10.9. The number of carbonyl (C=O) groups is 1. The fraction of sp³-hybridized carbons (Fsp3) is 0.235. The van der Waals surface area contributed by atoms with Gasteiger partial charge in [-0.05, 0) is 49.4 Å². The predicted octanol–water partition coefficient (Wildman–Crippen LogP) is 5.21. The Balaban J connectivity index is 2.29. The molecule has 0 radical (unpaired) electrons. The van der Waals surface area contributed by atoms with Crippen molar-refractivity contribution < 1.29 is 14.7 Å². The number of thioether (sulfide) groups is 1. The predicted molar refractivity (Wildman–Crippen MR) is 94.9 cm³/mol. The molecule has 0 aromatic heterocycles. The third-order valence-corrected chi connectivity index (χ3v) is 4.26. The van der Waals surface area contributed by atoms with E-state index in [1.165, 1.54) is 0 Å². The molecule has 0 atom stereocenters. The van der Waals surface area contributed by atoms with Crippen LogP contribution in [-0.2, 0) is 6.61 Å². The van der Waals surface area contributed by atoms with E-state index in [2.05, 4.69) is 0 Å². The Hall–Kier alpha value is -1.69. The third-order valence-electron chi connectivity index (χ3n) is 3.39. The molecule has 2 rings (SSSR count). The van der Waals surface area contributed by atoms with Gasteiger partial charge in [-0.15, -0.1) is 0 Å². The Morgan fingerprint density at radius 3 is 2.74 bits per heavy atom. The van der Waals surface area contributed by atoms with E-state index in [0.29, 0.717) is 21.3 Å². The molecule has 0 saturated carbocycles. The maximum atomic E-state index is 11.7. The quantitative estimate of drug-likeness (QED) is 0.606. The van der Waals surface area contributed by atoms with Gasteiger partial charge in [-0.1, -0.05) is 41.6 Å². The topological polar surface area (TPSA) is 49.8 Å². The van der Waals surface area contributed by atoms with E-state index >= 15 is 0 Å². The largest absolute Gasteiger partial charge is 0.488 e. The fourth-order valence-corrected chi connectivity index (χ4v) is 2.58. The van der Waals surface area contributed by atoms with Gasteiger partial charge in [0.1, 0.15) is 12.4 Å². The highest BCUT2D eigenvalue weighted by molar-refractivity contribution is 8.13. The Labute approximate surface area is 145 Å². The molecule has 1 amide bonds. The second-order valence-corrected chi connectivity index (χ2v) is 6.24. The second-order valence-electron chi connectivity index (χ2n) is 5.08. The first-order valence-corrected chi connectivity index (χ1v) is 8.58. The molecule has 0 aliphatic heterocycles. The number of rotatable bonds is 4. The van der Waals surface area contributed by atoms with Crippen LogP contribution in [0.1, 0.15) is 16.7 Å². The van der Waals surface area contributed by atoms with Crippen LogP contribution < -0.4 is 9.80 Å². The summed E-state index contributed by atoms with van der Waals surface area (Å²) in [5.74, 6) is 0.747. The molecule has 0 bridgehead atoms. The molecule has 4 nitrogen and oxygen atoms in total. The van der Waals surface area contributed by atoms with Crippen molar-refractivity contribution in [3.05, 3.63) is 58.1 Å². The number of carbonyl (C=O) groups excluding carboxylic acids is 1. The van der Waals surface area contributed by atoms with E-state index in [1.807, 2.05) is 32.0 Å². The van der Waals surface area contributed by atoms with Crippen molar-refractivity contribution in [3.8, 4) is 5.75 Å². The van der Waals surface area contributed by atoms with Crippen LogP contribution >= 0.6 is 23.4 Å². The minimum absolute atomic E-state index is 0.151. The number of hydrogen-bond acceptors (Lipinski definition) is 4. The average molecular weight is 352 g/mol. The van der Waals surface area contributed by atoms with Crippen molar-refractivity contribution in [2.24, 2.45) is 0 Å². The van der Waals surface area contributed by atoms with Crippen molar-refractivity contribution in [3.63, 3.8) is 0 Å². The number of nitrogens with zero attached hydrogens (tertiary/aromatic N) is 1. The monoisotopic (exact) mass is 351 g/mol. The van der Waals surface area contributed by atoms with E-state index in [9.17, 15) is 10.0 Å². The van der Waals surface area contributed by atoms with Crippen molar-refractivity contribution in [1.82, 2.24) is 0 Å². The number of benzene rings is 2. The van der Waals surface area contributed by atoms with E-state index in [1.54, 1.807) is 24.5 Å². The van der Waals surface area contributed by atoms with Gasteiger partial charge in [-0.2, -0.15) is 5.06 Å². The van der Waals surface area contributed by atoms with Crippen LogP contribution in [0.15, 0.2) is 36.4 Å². The summed E-state index contributed by atoms with van der Waals surface area (Å²) in [6.45, 7) is 4.09. The molecule has 0 aliphatic carbocycles. The lowest BCUT2D eigenvalue weighted by Gasteiger charge is -2.19. The number of hydrogen-bond donors (Lipinski definition) is 1. The van der Waals surface area contributed by atoms with Crippen LogP contribution in [0.3, 0.4) is 0 Å². The van der Waals surface area contributed by atoms with Gasteiger partial charge in [0.15, 0.2) is 0 Å². The maximum absolute atomic E-state index is 11.7. The highest BCUT2D eigenvalue weighted by Crippen LogP contribution is 2.30. The zero-order chi connectivity index (χ0) is 17.0. The van der Waals surface area contributed by atoms with Crippen molar-refractivity contribution in [1.29, 1.82) is 0 Å². The summed E-state index contributed by atoms with van der Waals surface area (Å²) in [4.78, 5) is 11.7. The van der Waals surface area contributed by atoms with Crippen LogP contribution in [0.25, 0.3) is 0 Å². The van der Waals surface area contributed by atoms with E-state index in [-0.39, 0.29) is 6.61 Å². The molecule has 122 valence electrons. The minimum atomic E-state index is -0.486. The van der Waals surface area contributed by atoms with Crippen molar-refractivity contribution >= 4 is 34.3 Å². The first-order valence-electron chi connectivity index (χ1n) is 6.98. The molecule has 0 heterocycles. The van der Waals surface area contributed by atoms with Gasteiger partial charge < -0.3 is 4.74 Å². The summed E-state index contributed by atoms with van der Waals surface area (Å²) >= 11 is 7.14. The van der Waals surface area contributed by atoms with Gasteiger partial charge >= 0.3 is 5.24 Å². The molecule has 0 fully saturated rings. The number of amides is 1. The summed E-state index contributed by atoms with van der Waals surface area (Å²) in [6, 6.07) is 10.9. The van der Waals surface area contributed by atoms with Crippen LogP contribution in [0.4, 0.5) is 10.5 Å². The van der Waals surface area contributed by atoms with Gasteiger partial charge in [-0.3, -0.25) is 10.0 Å². The van der Waals surface area contributed by atoms with Crippen LogP contribution in [0.5, 0.6) is 5.75 Å². The zero-order valence-electron chi connectivity index (χ0n) is 13.2. The molecule has 0 unspecified atom stereocenters. The summed E-state index contributed by atoms with van der Waals surface area (Å²) in [5.41, 5.74) is 2.97. The van der Waals surface area contributed by atoms with E-state index in [4.69, 9.17) is 16.3 Å². The normalized spacial score (nSPS) is 10.5. The first kappa shape index (κ1) is 17.7. The van der Waals surface area contributed by atoms with Gasteiger partial charge in [0.25, 0.3) is 0 Å². The molecule has 0 saturated heterocycles. The van der Waals surface area contributed by atoms with Crippen LogP contribution in [0.2, 0.25) is 5.02 Å². The Morgan fingerprint density at radius 1 is 1.30 bits per heavy atom. The molecular weight excluding hydrogens is 334 g/mol. The second kappa shape index (κ2) is 7.73. The Morgan fingerprint density at radius 2 is 2.04 bits per heavy atom. The molecule has 0 spiro atoms. The SMILES string of the molecule is CSC(=O)N(O)c1cccc(Cl)c1COc1cc(C)ccc1C. The summed E-state index contributed by atoms with van der Waals surface area (Å²) in [6.07, 6.45) is 1.60. The van der Waals surface area contributed by atoms with E-state index in [0.717, 1.165) is 28.6 Å². The smallest absolute Gasteiger partial charge is 0.309 e. The standard InChI is InChI=1S/C17H18ClNO3S/c1-11-7-8-12(2)16(9-11)22-10-13-14(18)5-4-6-15(13)19(21)17(20)23-3/h4-9,21H,10H2,1-3H3. The zero-order valence-corrected chi connectivity index (χ0v) is 14.7. The minimum Gasteiger partial charge on any atom is -0.488 e. The lowest BCUT2D eigenvalue weighted by molar-refractivity contribution is 0.223. The number of ether oxygens (including phenoxy) is 1. The highest BCUT2D eigenvalue weighted by Gasteiger charge is 2.18. The van der Waals surface area contributed by atoms with Gasteiger partial charge in [0.2, 0.25) is 0 Å². The Bertz CT molecular complexity index is 721. The summed E-state index contributed by atoms with van der Waals surface area (Å²) in [5, 5.41) is 10.6. The lowest BCUT2D eigenvalue weighted by atomic mass is 10.1. The van der Waals surface area contributed by atoms with Gasteiger partial charge in [-0.25, -0.2) is 0 Å². The average Bonchev–Trinajstić information content (AvgIpc) is 2.55. The fourth-order valence-electron chi connectivity index (χ4n) is 2.09. The number of halogens is 1. The number of hydroxylamine groups is 1. The molecule has 1 N–H and O–H groups in total. The van der Waals surface area contributed by atoms with Crippen molar-refractivity contribution in [2.45, 2.75) is 20.5 Å². The summed E-state index contributed by atoms with van der Waals surface area (Å²) in [7, 11) is 0. The lowest BCUT2D eigenvalue weighted by Crippen LogP contribution is -2.24. The van der Waals surface area contributed by atoms with Crippen LogP contribution in [-0.4, -0.2) is 16.7 Å². The maximum Gasteiger partial charge on any atom is 0.309 e. The molecule has 2 aromatic carbocycles. The molecule has 0 aliphatic rings. The van der Waals surface area contributed by atoms with Crippen LogP contribution in [0, 0.1) is 13.8 Å². The summed E-state index contributed by atoms with van der Waals surface area (Å²) < 4.78 is 5.85. The third kappa shape index (κ3) is 4.19. The van der Waals surface area contributed by atoms with Crippen molar-refractivity contribution in [2.75, 3.05) is 11.3 Å². The number of aryl methyl sites for hydroxylation is 2. The molecular formula is C17H18ClNO3S. The highest BCUT2D eigenvalue weighted by atomic mass is 35.5. The molecule has 6 heteroatoms. The Kier molecular flexibility index (Phi) is 5.93. The van der Waals surface area contributed by atoms with Gasteiger partial charge in [0.05, 0.1) is 5.69 Å². The van der Waals surface area contributed by atoms with Gasteiger partial charge in [0, 0.05) is 10.6 Å². The molecule has 2 aromatic rings. The molecule has 23 heavy (non-hydrogen) atoms.